The molecule has 0 radical (unpaired) electrons. The smallest absolute Gasteiger partial charge is 0.271 e. The first-order valence-corrected chi connectivity index (χ1v) is 11.8. The zero-order valence-corrected chi connectivity index (χ0v) is 20.7. The van der Waals surface area contributed by atoms with Gasteiger partial charge in [0.05, 0.1) is 27.9 Å². The lowest BCUT2D eigenvalue weighted by molar-refractivity contribution is 0.0941. The summed E-state index contributed by atoms with van der Waals surface area (Å²) < 4.78 is 15.7. The Morgan fingerprint density at radius 2 is 1.81 bits per heavy atom. The van der Waals surface area contributed by atoms with Crippen LogP contribution in [0.4, 0.5) is 10.2 Å². The van der Waals surface area contributed by atoms with Gasteiger partial charge < -0.3 is 21.5 Å². The van der Waals surface area contributed by atoms with Gasteiger partial charge in [-0.15, -0.1) is 0 Å². The van der Waals surface area contributed by atoms with Crippen LogP contribution in [0.2, 0.25) is 10.0 Å². The number of pyridine rings is 1. The van der Waals surface area contributed by atoms with Crippen LogP contribution >= 0.6 is 23.2 Å². The number of anilines is 1. The Balaban J connectivity index is 1.69. The number of para-hydroxylation sites is 1. The van der Waals surface area contributed by atoms with Crippen molar-refractivity contribution in [3.05, 3.63) is 94.0 Å². The third-order valence-electron chi connectivity index (χ3n) is 5.26. The molecule has 4 aromatic rings. The van der Waals surface area contributed by atoms with Crippen molar-refractivity contribution in [1.82, 2.24) is 20.1 Å². The number of nitrogens with zero attached hydrogens (tertiary/aromatic N) is 3. The topological polar surface area (TPSA) is 135 Å². The molecule has 0 unspecified atom stereocenters. The van der Waals surface area contributed by atoms with Crippen molar-refractivity contribution in [3.8, 4) is 16.9 Å². The van der Waals surface area contributed by atoms with E-state index >= 15 is 0 Å². The van der Waals surface area contributed by atoms with Gasteiger partial charge in [0.15, 0.2) is 5.69 Å². The number of amides is 2. The standard InChI is InChI=1S/C25H21Cl2FN6O3/c26-18-10-19(27)17(9-16(18)23-20(28)7-4-8-30-23)24(36)32-22-11-21(25(37)31-12-14(29)13-35)33-34(22)15-5-2-1-3-6-15/h1-11,14,35H,12-13,29H2,(H,31,37)(H,32,36)/t14-/m0/s1. The van der Waals surface area contributed by atoms with Crippen molar-refractivity contribution in [1.29, 1.82) is 0 Å². The summed E-state index contributed by atoms with van der Waals surface area (Å²) in [6, 6.07) is 14.9. The van der Waals surface area contributed by atoms with E-state index in [0.717, 1.165) is 0 Å². The van der Waals surface area contributed by atoms with E-state index in [4.69, 9.17) is 34.0 Å². The number of aliphatic hydroxyl groups excluding tert-OH is 1. The molecule has 2 aromatic carbocycles. The zero-order chi connectivity index (χ0) is 26.5. The summed E-state index contributed by atoms with van der Waals surface area (Å²) in [7, 11) is 0. The van der Waals surface area contributed by atoms with Crippen LogP contribution in [0.25, 0.3) is 16.9 Å². The quantitative estimate of drug-likeness (QED) is 0.268. The van der Waals surface area contributed by atoms with Crippen LogP contribution in [0.3, 0.4) is 0 Å². The fourth-order valence-electron chi connectivity index (χ4n) is 3.40. The second kappa shape index (κ2) is 11.5. The Hall–Kier alpha value is -3.83. The van der Waals surface area contributed by atoms with E-state index in [9.17, 15) is 14.0 Å². The number of carbonyl (C=O) groups excluding carboxylic acids is 2. The zero-order valence-electron chi connectivity index (χ0n) is 19.2. The van der Waals surface area contributed by atoms with E-state index in [1.54, 1.807) is 30.3 Å². The molecule has 0 aliphatic carbocycles. The van der Waals surface area contributed by atoms with E-state index in [2.05, 4.69) is 20.7 Å². The van der Waals surface area contributed by atoms with Crippen molar-refractivity contribution in [3.63, 3.8) is 0 Å². The Kier molecular flexibility index (Phi) is 8.14. The summed E-state index contributed by atoms with van der Waals surface area (Å²) in [5, 5.41) is 18.8. The molecule has 9 nitrogen and oxygen atoms in total. The number of halogens is 3. The third kappa shape index (κ3) is 5.95. The minimum atomic E-state index is -0.648. The summed E-state index contributed by atoms with van der Waals surface area (Å²) in [5.41, 5.74) is 6.38. The summed E-state index contributed by atoms with van der Waals surface area (Å²) in [4.78, 5) is 29.9. The summed E-state index contributed by atoms with van der Waals surface area (Å²) in [6.45, 7) is -0.269. The predicted octanol–water partition coefficient (Wildman–Crippen LogP) is 3.68. The van der Waals surface area contributed by atoms with Crippen molar-refractivity contribution in [2.24, 2.45) is 5.73 Å². The molecule has 1 atom stereocenters. The first-order valence-electron chi connectivity index (χ1n) is 11.0. The molecule has 2 heterocycles. The first kappa shape index (κ1) is 26.2. The minimum Gasteiger partial charge on any atom is -0.395 e. The Morgan fingerprint density at radius 1 is 1.05 bits per heavy atom. The molecule has 0 saturated heterocycles. The van der Waals surface area contributed by atoms with Crippen molar-refractivity contribution < 1.29 is 19.1 Å². The maximum Gasteiger partial charge on any atom is 0.271 e. The van der Waals surface area contributed by atoms with Gasteiger partial charge in [-0.25, -0.2) is 9.07 Å². The van der Waals surface area contributed by atoms with E-state index in [-0.39, 0.29) is 51.5 Å². The van der Waals surface area contributed by atoms with E-state index in [1.165, 1.54) is 41.2 Å². The van der Waals surface area contributed by atoms with Gasteiger partial charge in [-0.2, -0.15) is 5.10 Å². The monoisotopic (exact) mass is 542 g/mol. The molecule has 0 spiro atoms. The lowest BCUT2D eigenvalue weighted by Gasteiger charge is -2.12. The lowest BCUT2D eigenvalue weighted by atomic mass is 10.1. The highest BCUT2D eigenvalue weighted by Crippen LogP contribution is 2.33. The number of hydrogen-bond donors (Lipinski definition) is 4. The minimum absolute atomic E-state index is 0.00254. The van der Waals surface area contributed by atoms with Crippen LogP contribution in [-0.2, 0) is 0 Å². The molecule has 0 fully saturated rings. The number of nitrogens with one attached hydrogen (secondary N) is 2. The number of carbonyl (C=O) groups is 2. The number of aliphatic hydroxyl groups is 1. The Bertz CT molecular complexity index is 1450. The maximum atomic E-state index is 14.4. The molecular formula is C25H21Cl2FN6O3. The van der Waals surface area contributed by atoms with Gasteiger partial charge in [-0.1, -0.05) is 41.4 Å². The van der Waals surface area contributed by atoms with Crippen LogP contribution in [0.15, 0.2) is 66.9 Å². The molecule has 12 heteroatoms. The van der Waals surface area contributed by atoms with Crippen molar-refractivity contribution in [2.45, 2.75) is 6.04 Å². The van der Waals surface area contributed by atoms with Crippen LogP contribution in [0.5, 0.6) is 0 Å². The molecule has 0 aliphatic heterocycles. The molecule has 0 bridgehead atoms. The van der Waals surface area contributed by atoms with Gasteiger partial charge in [0.25, 0.3) is 11.8 Å². The SMILES string of the molecule is N[C@H](CO)CNC(=O)c1cc(NC(=O)c2cc(-c3ncccc3F)c(Cl)cc2Cl)n(-c2ccccc2)n1. The number of nitrogens with two attached hydrogens (primary N) is 1. The number of aromatic nitrogens is 3. The van der Waals surface area contributed by atoms with Gasteiger partial charge in [0.2, 0.25) is 0 Å². The third-order valence-corrected chi connectivity index (χ3v) is 5.88. The van der Waals surface area contributed by atoms with Gasteiger partial charge in [0, 0.05) is 30.4 Å². The van der Waals surface area contributed by atoms with Crippen LogP contribution in [-0.4, -0.2) is 50.9 Å². The first-order chi connectivity index (χ1) is 17.8. The highest BCUT2D eigenvalue weighted by molar-refractivity contribution is 6.38. The van der Waals surface area contributed by atoms with Crippen molar-refractivity contribution in [2.75, 3.05) is 18.5 Å². The van der Waals surface area contributed by atoms with E-state index < -0.39 is 23.7 Å². The average Bonchev–Trinajstić information content (AvgIpc) is 3.32. The number of hydrogen-bond acceptors (Lipinski definition) is 6. The fraction of sp³-hybridized carbons (Fsp3) is 0.120. The van der Waals surface area contributed by atoms with Gasteiger partial charge in [-0.3, -0.25) is 14.6 Å². The normalized spacial score (nSPS) is 11.7. The van der Waals surface area contributed by atoms with E-state index in [1.807, 2.05) is 0 Å². The molecule has 2 amide bonds. The largest absolute Gasteiger partial charge is 0.395 e. The average molecular weight is 543 g/mol. The maximum absolute atomic E-state index is 14.4. The molecule has 37 heavy (non-hydrogen) atoms. The van der Waals surface area contributed by atoms with Gasteiger partial charge in [0.1, 0.15) is 17.3 Å². The van der Waals surface area contributed by atoms with Gasteiger partial charge >= 0.3 is 0 Å². The van der Waals surface area contributed by atoms with Crippen LogP contribution < -0.4 is 16.4 Å². The van der Waals surface area contributed by atoms with E-state index in [0.29, 0.717) is 5.69 Å². The molecule has 2 aromatic heterocycles. The second-order valence-electron chi connectivity index (χ2n) is 7.91. The van der Waals surface area contributed by atoms with Crippen LogP contribution in [0.1, 0.15) is 20.8 Å². The summed E-state index contributed by atoms with van der Waals surface area (Å²) >= 11 is 12.6. The fourth-order valence-corrected chi connectivity index (χ4v) is 3.96. The molecule has 5 N–H and O–H groups in total. The molecule has 190 valence electrons. The molecular weight excluding hydrogens is 522 g/mol. The second-order valence-corrected chi connectivity index (χ2v) is 8.73. The highest BCUT2D eigenvalue weighted by atomic mass is 35.5. The summed E-state index contributed by atoms with van der Waals surface area (Å²) in [5.74, 6) is -1.64. The van der Waals surface area contributed by atoms with Gasteiger partial charge in [-0.05, 0) is 36.4 Å². The molecule has 4 rings (SSSR count). The highest BCUT2D eigenvalue weighted by Gasteiger charge is 2.21. The van der Waals surface area contributed by atoms with Crippen LogP contribution in [0, 0.1) is 5.82 Å². The molecule has 0 saturated carbocycles. The Morgan fingerprint density at radius 3 is 2.51 bits per heavy atom. The number of benzene rings is 2. The predicted molar refractivity (Wildman–Crippen MR) is 139 cm³/mol. The lowest BCUT2D eigenvalue weighted by Crippen LogP contribution is -2.39. The molecule has 0 aliphatic rings. The van der Waals surface area contributed by atoms with Crippen molar-refractivity contribution >= 4 is 40.8 Å². The Labute approximate surface area is 221 Å². The number of rotatable bonds is 8. The summed E-state index contributed by atoms with van der Waals surface area (Å²) in [6.07, 6.45) is 1.40.